The summed E-state index contributed by atoms with van der Waals surface area (Å²) in [5.74, 6) is -3.78. The van der Waals surface area contributed by atoms with Gasteiger partial charge in [0.15, 0.2) is 11.2 Å². The van der Waals surface area contributed by atoms with Crippen molar-refractivity contribution in [2.75, 3.05) is 18.5 Å². The topological polar surface area (TPSA) is 161 Å². The second-order valence-corrected chi connectivity index (χ2v) is 8.86. The van der Waals surface area contributed by atoms with Crippen molar-refractivity contribution in [2.24, 2.45) is 16.7 Å². The summed E-state index contributed by atoms with van der Waals surface area (Å²) in [5.41, 5.74) is -2.93. The van der Waals surface area contributed by atoms with Crippen LogP contribution < -0.4 is 5.32 Å². The molecule has 3 aliphatic heterocycles. The molecule has 1 aromatic rings. The molecule has 0 aromatic heterocycles. The highest BCUT2D eigenvalue weighted by Gasteiger charge is 2.82. The molecule has 4 atom stereocenters. The molecule has 1 aromatic carbocycles. The minimum atomic E-state index is -2.06. The molecule has 10 nitrogen and oxygen atoms in total. The van der Waals surface area contributed by atoms with Gasteiger partial charge in [-0.3, -0.25) is 10.2 Å². The van der Waals surface area contributed by atoms with Crippen molar-refractivity contribution in [2.45, 2.75) is 43.9 Å². The van der Waals surface area contributed by atoms with Crippen molar-refractivity contribution in [3.63, 3.8) is 0 Å². The van der Waals surface area contributed by atoms with Gasteiger partial charge in [0, 0.05) is 31.9 Å². The van der Waals surface area contributed by atoms with Gasteiger partial charge in [-0.2, -0.15) is 15.8 Å². The number of amides is 1. The van der Waals surface area contributed by atoms with Crippen molar-refractivity contribution >= 4 is 17.5 Å². The minimum Gasteiger partial charge on any atom is -0.447 e. The van der Waals surface area contributed by atoms with E-state index >= 15 is 0 Å². The summed E-state index contributed by atoms with van der Waals surface area (Å²) in [7, 11) is 0. The highest BCUT2D eigenvalue weighted by Crippen LogP contribution is 2.70. The lowest BCUT2D eigenvalue weighted by Crippen LogP contribution is -2.63. The van der Waals surface area contributed by atoms with E-state index in [0.717, 1.165) is 0 Å². The first-order valence-corrected chi connectivity index (χ1v) is 10.7. The van der Waals surface area contributed by atoms with Crippen LogP contribution in [0, 0.1) is 56.2 Å². The number of nitrogens with zero attached hydrogens (tertiary/aromatic N) is 3. The van der Waals surface area contributed by atoms with Crippen molar-refractivity contribution < 1.29 is 23.7 Å². The zero-order chi connectivity index (χ0) is 23.5. The van der Waals surface area contributed by atoms with E-state index in [4.69, 9.17) is 24.4 Å². The van der Waals surface area contributed by atoms with Gasteiger partial charge in [-0.05, 0) is 17.7 Å². The number of rotatable bonds is 2. The molecule has 3 saturated heterocycles. The summed E-state index contributed by atoms with van der Waals surface area (Å²) in [6, 6.07) is 12.8. The third-order valence-corrected chi connectivity index (χ3v) is 7.27. The third-order valence-electron chi connectivity index (χ3n) is 7.27. The normalized spacial score (nSPS) is 34.9. The maximum atomic E-state index is 11.4. The van der Waals surface area contributed by atoms with Gasteiger partial charge in [-0.25, -0.2) is 0 Å². The predicted octanol–water partition coefficient (Wildman–Crippen LogP) is 2.51. The zero-order valence-electron chi connectivity index (χ0n) is 17.9. The molecule has 2 bridgehead atoms. The van der Waals surface area contributed by atoms with Crippen LogP contribution >= 0.6 is 0 Å². The van der Waals surface area contributed by atoms with Crippen LogP contribution in [0.15, 0.2) is 24.3 Å². The molecule has 1 aliphatic carbocycles. The second kappa shape index (κ2) is 7.00. The van der Waals surface area contributed by atoms with Crippen LogP contribution in [-0.2, 0) is 23.7 Å². The van der Waals surface area contributed by atoms with E-state index in [1.54, 1.807) is 24.3 Å². The van der Waals surface area contributed by atoms with Gasteiger partial charge in [0.05, 0.1) is 37.3 Å². The SMILES string of the molecule is CC(=O)Nc1ccc(C2OC34CCC5(CC3C(C#N)(C(=N)O4)C2(C#N)C#N)OCCO5)cc1. The Labute approximate surface area is 190 Å². The Kier molecular flexibility index (Phi) is 4.53. The summed E-state index contributed by atoms with van der Waals surface area (Å²) in [6.07, 6.45) is -0.283. The molecule has 2 N–H and O–H groups in total. The number of nitrogens with one attached hydrogen (secondary N) is 2. The van der Waals surface area contributed by atoms with Gasteiger partial charge in [0.1, 0.15) is 6.10 Å². The maximum absolute atomic E-state index is 11.4. The van der Waals surface area contributed by atoms with Crippen LogP contribution in [-0.4, -0.2) is 36.6 Å². The van der Waals surface area contributed by atoms with E-state index in [-0.39, 0.29) is 18.7 Å². The van der Waals surface area contributed by atoms with Gasteiger partial charge in [-0.15, -0.1) is 0 Å². The van der Waals surface area contributed by atoms with Crippen LogP contribution in [0.5, 0.6) is 0 Å². The number of ether oxygens (including phenoxy) is 4. The van der Waals surface area contributed by atoms with Crippen molar-refractivity contribution in [1.29, 1.82) is 21.2 Å². The van der Waals surface area contributed by atoms with Crippen LogP contribution in [0.3, 0.4) is 0 Å². The van der Waals surface area contributed by atoms with Gasteiger partial charge in [-0.1, -0.05) is 12.1 Å². The third kappa shape index (κ3) is 2.62. The average molecular weight is 447 g/mol. The molecule has 4 aliphatic rings. The smallest absolute Gasteiger partial charge is 0.221 e. The molecule has 4 unspecified atom stereocenters. The molecular formula is C23H21N5O5. The number of hydrogen-bond acceptors (Lipinski definition) is 9. The maximum Gasteiger partial charge on any atom is 0.221 e. The van der Waals surface area contributed by atoms with E-state index in [2.05, 4.69) is 11.4 Å². The average Bonchev–Trinajstić information content (AvgIpc) is 3.33. The van der Waals surface area contributed by atoms with Gasteiger partial charge in [0.2, 0.25) is 23.0 Å². The molecule has 1 amide bonds. The minimum absolute atomic E-state index is 0.169. The van der Waals surface area contributed by atoms with Crippen LogP contribution in [0.2, 0.25) is 0 Å². The first-order valence-electron chi connectivity index (χ1n) is 10.7. The van der Waals surface area contributed by atoms with E-state index in [9.17, 15) is 20.6 Å². The Bertz CT molecular complexity index is 1140. The van der Waals surface area contributed by atoms with Crippen molar-refractivity contribution in [3.8, 4) is 18.2 Å². The number of carbonyl (C=O) groups excluding carboxylic acids is 1. The number of hydrogen-bond donors (Lipinski definition) is 2. The van der Waals surface area contributed by atoms with E-state index in [1.165, 1.54) is 6.92 Å². The zero-order valence-corrected chi connectivity index (χ0v) is 17.9. The molecule has 3 heterocycles. The molecule has 1 saturated carbocycles. The fourth-order valence-corrected chi connectivity index (χ4v) is 5.79. The van der Waals surface area contributed by atoms with Gasteiger partial charge >= 0.3 is 0 Å². The fraction of sp³-hybridized carbons (Fsp3) is 0.522. The summed E-state index contributed by atoms with van der Waals surface area (Å²) >= 11 is 0. The highest BCUT2D eigenvalue weighted by atomic mass is 16.7. The molecule has 168 valence electrons. The summed E-state index contributed by atoms with van der Waals surface area (Å²) in [4.78, 5) is 11.4. The number of carbonyl (C=O) groups is 1. The summed E-state index contributed by atoms with van der Waals surface area (Å²) < 4.78 is 24.1. The Morgan fingerprint density at radius 1 is 1.09 bits per heavy atom. The number of benzene rings is 1. The van der Waals surface area contributed by atoms with Crippen molar-refractivity contribution in [1.82, 2.24) is 0 Å². The van der Waals surface area contributed by atoms with Crippen LogP contribution in [0.1, 0.15) is 37.9 Å². The lowest BCUT2D eigenvalue weighted by Gasteiger charge is -2.54. The first-order chi connectivity index (χ1) is 15.8. The Balaban J connectivity index is 1.64. The van der Waals surface area contributed by atoms with E-state index < -0.39 is 40.3 Å². The van der Waals surface area contributed by atoms with Gasteiger partial charge in [0.25, 0.3) is 0 Å². The molecule has 10 heteroatoms. The van der Waals surface area contributed by atoms with E-state index in [0.29, 0.717) is 30.9 Å². The Morgan fingerprint density at radius 3 is 2.33 bits per heavy atom. The van der Waals surface area contributed by atoms with Crippen LogP contribution in [0.25, 0.3) is 0 Å². The first kappa shape index (κ1) is 21.4. The Hall–Kier alpha value is -3.49. The molecule has 5 rings (SSSR count). The standard InChI is InChI=1S/C23H21N5O5/c1-14(29)28-16-4-2-15(3-5-16)18-20(11-24,12-25)22(13-26)17-10-21(30-8-9-31-21)6-7-23(17,32-18)33-19(22)27/h2-5,17-18,27H,6-10H2,1H3,(H,28,29). The highest BCUT2D eigenvalue weighted by molar-refractivity contribution is 5.90. The van der Waals surface area contributed by atoms with Gasteiger partial charge < -0.3 is 24.3 Å². The summed E-state index contributed by atoms with van der Waals surface area (Å²) in [6.45, 7) is 2.20. The quantitative estimate of drug-likeness (QED) is 0.699. The lowest BCUT2D eigenvalue weighted by molar-refractivity contribution is -0.330. The molecule has 1 spiro atoms. The van der Waals surface area contributed by atoms with E-state index in [1.807, 2.05) is 12.1 Å². The largest absolute Gasteiger partial charge is 0.447 e. The second-order valence-electron chi connectivity index (χ2n) is 8.86. The number of anilines is 1. The molecule has 4 fully saturated rings. The number of nitriles is 3. The lowest BCUT2D eigenvalue weighted by atomic mass is 9.51. The fourth-order valence-electron chi connectivity index (χ4n) is 5.79. The predicted molar refractivity (Wildman–Crippen MR) is 110 cm³/mol. The monoisotopic (exact) mass is 447 g/mol. The molecule has 33 heavy (non-hydrogen) atoms. The van der Waals surface area contributed by atoms with Crippen LogP contribution in [0.4, 0.5) is 5.69 Å². The Morgan fingerprint density at radius 2 is 1.76 bits per heavy atom. The molecule has 0 radical (unpaired) electrons. The van der Waals surface area contributed by atoms with Crippen molar-refractivity contribution in [3.05, 3.63) is 29.8 Å². The summed E-state index contributed by atoms with van der Waals surface area (Å²) in [5, 5.41) is 42.5. The molecular weight excluding hydrogens is 426 g/mol.